The summed E-state index contributed by atoms with van der Waals surface area (Å²) in [6.45, 7) is 8.27. The molecular formula is C28H40N2O2. The van der Waals surface area contributed by atoms with E-state index in [2.05, 4.69) is 38.3 Å². The summed E-state index contributed by atoms with van der Waals surface area (Å²) in [6, 6.07) is 12.1. The first-order chi connectivity index (χ1) is 15.3. The van der Waals surface area contributed by atoms with Crippen LogP contribution < -0.4 is 10.6 Å². The smallest absolute Gasteiger partial charge is 0.224 e. The molecule has 2 amide bonds. The Morgan fingerprint density at radius 3 is 1.22 bits per heavy atom. The van der Waals surface area contributed by atoms with E-state index in [1.807, 2.05) is 36.4 Å². The van der Waals surface area contributed by atoms with E-state index in [-0.39, 0.29) is 11.8 Å². The average Bonchev–Trinajstić information content (AvgIpc) is 2.74. The molecule has 2 rings (SSSR count). The van der Waals surface area contributed by atoms with Gasteiger partial charge in [-0.1, -0.05) is 50.7 Å². The minimum absolute atomic E-state index is 0.104. The van der Waals surface area contributed by atoms with Crippen LogP contribution in [0.5, 0.6) is 0 Å². The molecule has 4 heteroatoms. The van der Waals surface area contributed by atoms with Gasteiger partial charge in [0.1, 0.15) is 0 Å². The van der Waals surface area contributed by atoms with Crippen LogP contribution in [0.25, 0.3) is 0 Å². The lowest BCUT2D eigenvalue weighted by Crippen LogP contribution is -2.11. The Kier molecular flexibility index (Phi) is 11.0. The predicted octanol–water partition coefficient (Wildman–Crippen LogP) is 7.40. The molecule has 0 bridgehead atoms. The summed E-state index contributed by atoms with van der Waals surface area (Å²) in [5.41, 5.74) is 6.66. The van der Waals surface area contributed by atoms with Gasteiger partial charge in [0.2, 0.25) is 11.8 Å². The number of anilines is 2. The lowest BCUT2D eigenvalue weighted by molar-refractivity contribution is -0.117. The molecule has 0 aliphatic heterocycles. The number of rotatable bonds is 13. The molecule has 0 radical (unpaired) electrons. The second-order valence-corrected chi connectivity index (χ2v) is 9.02. The van der Waals surface area contributed by atoms with Crippen molar-refractivity contribution in [1.82, 2.24) is 0 Å². The van der Waals surface area contributed by atoms with Crippen molar-refractivity contribution in [2.24, 2.45) is 0 Å². The monoisotopic (exact) mass is 436 g/mol. The highest BCUT2D eigenvalue weighted by Crippen LogP contribution is 2.17. The summed E-state index contributed by atoms with van der Waals surface area (Å²) >= 11 is 0. The zero-order chi connectivity index (χ0) is 23.3. The van der Waals surface area contributed by atoms with Gasteiger partial charge >= 0.3 is 0 Å². The van der Waals surface area contributed by atoms with Crippen LogP contribution in [0.4, 0.5) is 11.4 Å². The largest absolute Gasteiger partial charge is 0.326 e. The van der Waals surface area contributed by atoms with E-state index in [1.165, 1.54) is 47.9 Å². The van der Waals surface area contributed by atoms with E-state index in [0.717, 1.165) is 37.1 Å². The van der Waals surface area contributed by atoms with Crippen molar-refractivity contribution in [3.63, 3.8) is 0 Å². The van der Waals surface area contributed by atoms with E-state index in [4.69, 9.17) is 0 Å². The first kappa shape index (κ1) is 25.6. The first-order valence-corrected chi connectivity index (χ1v) is 12.1. The lowest BCUT2D eigenvalue weighted by Gasteiger charge is -2.08. The summed E-state index contributed by atoms with van der Waals surface area (Å²) in [6.07, 6.45) is 9.99. The van der Waals surface area contributed by atoms with Crippen molar-refractivity contribution >= 4 is 23.2 Å². The van der Waals surface area contributed by atoms with Crippen molar-refractivity contribution < 1.29 is 9.59 Å². The standard InChI is InChI=1S/C28H40N2O2/c1-21-15-17-25(19-23(21)3)29-27(31)13-11-9-7-5-6-8-10-12-14-28(32)30-26-18-16-22(2)24(4)20-26/h15-20H,5-14H2,1-4H3,(H,29,31)(H,30,32). The molecule has 0 saturated carbocycles. The minimum atomic E-state index is 0.104. The third-order valence-electron chi connectivity index (χ3n) is 6.14. The molecule has 0 unspecified atom stereocenters. The van der Waals surface area contributed by atoms with Gasteiger partial charge in [-0.3, -0.25) is 9.59 Å². The Morgan fingerprint density at radius 1 is 0.531 bits per heavy atom. The predicted molar refractivity (Wildman–Crippen MR) is 135 cm³/mol. The average molecular weight is 437 g/mol. The molecule has 0 heterocycles. The number of carbonyl (C=O) groups excluding carboxylic acids is 2. The van der Waals surface area contributed by atoms with Crippen molar-refractivity contribution in [3.05, 3.63) is 58.7 Å². The van der Waals surface area contributed by atoms with Crippen LogP contribution >= 0.6 is 0 Å². The van der Waals surface area contributed by atoms with Gasteiger partial charge in [0.25, 0.3) is 0 Å². The normalized spacial score (nSPS) is 10.8. The van der Waals surface area contributed by atoms with E-state index >= 15 is 0 Å². The number of amides is 2. The van der Waals surface area contributed by atoms with Crippen molar-refractivity contribution in [1.29, 1.82) is 0 Å². The Balaban J connectivity index is 1.44. The van der Waals surface area contributed by atoms with Crippen LogP contribution in [0, 0.1) is 27.7 Å². The van der Waals surface area contributed by atoms with Crippen LogP contribution in [0.3, 0.4) is 0 Å². The number of carbonyl (C=O) groups is 2. The maximum Gasteiger partial charge on any atom is 0.224 e. The SMILES string of the molecule is Cc1ccc(NC(=O)CCCCCCCCCCC(=O)Nc2ccc(C)c(C)c2)cc1C. The highest BCUT2D eigenvalue weighted by atomic mass is 16.2. The maximum atomic E-state index is 12.1. The fourth-order valence-corrected chi connectivity index (χ4v) is 3.72. The molecule has 0 fully saturated rings. The van der Waals surface area contributed by atoms with Crippen LogP contribution in [0.2, 0.25) is 0 Å². The molecule has 2 aromatic rings. The molecule has 32 heavy (non-hydrogen) atoms. The van der Waals surface area contributed by atoms with Crippen LogP contribution in [-0.4, -0.2) is 11.8 Å². The van der Waals surface area contributed by atoms with Gasteiger partial charge in [0.05, 0.1) is 0 Å². The van der Waals surface area contributed by atoms with E-state index in [9.17, 15) is 9.59 Å². The molecule has 0 aliphatic carbocycles. The van der Waals surface area contributed by atoms with E-state index in [0.29, 0.717) is 12.8 Å². The highest BCUT2D eigenvalue weighted by Gasteiger charge is 2.05. The third kappa shape index (κ3) is 9.67. The third-order valence-corrected chi connectivity index (χ3v) is 6.14. The van der Waals surface area contributed by atoms with Crippen molar-refractivity contribution in [2.45, 2.75) is 91.9 Å². The summed E-state index contributed by atoms with van der Waals surface area (Å²) in [4.78, 5) is 24.1. The number of aryl methyl sites for hydroxylation is 4. The quantitative estimate of drug-likeness (QED) is 0.321. The van der Waals surface area contributed by atoms with Gasteiger partial charge in [0.15, 0.2) is 0 Å². The maximum absolute atomic E-state index is 12.1. The number of nitrogens with one attached hydrogen (secondary N) is 2. The van der Waals surface area contributed by atoms with Gasteiger partial charge < -0.3 is 10.6 Å². The van der Waals surface area contributed by atoms with E-state index in [1.54, 1.807) is 0 Å². The Labute approximate surface area is 194 Å². The van der Waals surface area contributed by atoms with Gasteiger partial charge in [-0.25, -0.2) is 0 Å². The molecule has 174 valence electrons. The second kappa shape index (κ2) is 13.7. The summed E-state index contributed by atoms with van der Waals surface area (Å²) in [7, 11) is 0. The van der Waals surface area contributed by atoms with Gasteiger partial charge in [0, 0.05) is 24.2 Å². The first-order valence-electron chi connectivity index (χ1n) is 12.1. The van der Waals surface area contributed by atoms with Crippen molar-refractivity contribution in [2.75, 3.05) is 10.6 Å². The number of hydrogen-bond acceptors (Lipinski definition) is 2. The lowest BCUT2D eigenvalue weighted by atomic mass is 10.1. The van der Waals surface area contributed by atoms with Gasteiger partial charge in [-0.2, -0.15) is 0 Å². The van der Waals surface area contributed by atoms with Crippen LogP contribution in [0.1, 0.15) is 86.5 Å². The number of benzene rings is 2. The zero-order valence-corrected chi connectivity index (χ0v) is 20.4. The summed E-state index contributed by atoms with van der Waals surface area (Å²) < 4.78 is 0. The zero-order valence-electron chi connectivity index (χ0n) is 20.4. The van der Waals surface area contributed by atoms with Crippen molar-refractivity contribution in [3.8, 4) is 0 Å². The van der Waals surface area contributed by atoms with Gasteiger partial charge in [-0.05, 0) is 87.1 Å². The Morgan fingerprint density at radius 2 is 0.875 bits per heavy atom. The second-order valence-electron chi connectivity index (χ2n) is 9.02. The minimum Gasteiger partial charge on any atom is -0.326 e. The molecule has 2 N–H and O–H groups in total. The highest BCUT2D eigenvalue weighted by molar-refractivity contribution is 5.91. The summed E-state index contributed by atoms with van der Waals surface area (Å²) in [5.74, 6) is 0.208. The molecule has 0 spiro atoms. The molecular weight excluding hydrogens is 396 g/mol. The molecule has 0 aliphatic rings. The van der Waals surface area contributed by atoms with E-state index < -0.39 is 0 Å². The fourth-order valence-electron chi connectivity index (χ4n) is 3.72. The Bertz CT molecular complexity index is 815. The number of unbranched alkanes of at least 4 members (excludes halogenated alkanes) is 7. The molecule has 4 nitrogen and oxygen atoms in total. The fraction of sp³-hybridized carbons (Fsp3) is 0.500. The molecule has 0 atom stereocenters. The topological polar surface area (TPSA) is 58.2 Å². The molecule has 2 aromatic carbocycles. The van der Waals surface area contributed by atoms with Gasteiger partial charge in [-0.15, -0.1) is 0 Å². The Hall–Kier alpha value is -2.62. The molecule has 0 saturated heterocycles. The molecule has 0 aromatic heterocycles. The van der Waals surface area contributed by atoms with Crippen LogP contribution in [-0.2, 0) is 9.59 Å². The van der Waals surface area contributed by atoms with Crippen LogP contribution in [0.15, 0.2) is 36.4 Å². The summed E-state index contributed by atoms with van der Waals surface area (Å²) in [5, 5.41) is 5.99. The number of hydrogen-bond donors (Lipinski definition) is 2.